The van der Waals surface area contributed by atoms with Crippen molar-refractivity contribution in [2.24, 2.45) is 5.41 Å². The molecule has 1 aliphatic rings. The van der Waals surface area contributed by atoms with Crippen LogP contribution in [0.5, 0.6) is 0 Å². The van der Waals surface area contributed by atoms with Gasteiger partial charge in [-0.05, 0) is 30.7 Å². The number of hydrogen-bond acceptors (Lipinski definition) is 2. The lowest BCUT2D eigenvalue weighted by Crippen LogP contribution is -2.36. The van der Waals surface area contributed by atoms with Gasteiger partial charge < -0.3 is 9.47 Å². The second-order valence-electron chi connectivity index (χ2n) is 7.95. The van der Waals surface area contributed by atoms with E-state index in [1.54, 1.807) is 0 Å². The van der Waals surface area contributed by atoms with E-state index in [1.165, 1.54) is 5.56 Å². The Bertz CT molecular complexity index is 961. The van der Waals surface area contributed by atoms with Gasteiger partial charge in [0.15, 0.2) is 0 Å². The van der Waals surface area contributed by atoms with Gasteiger partial charge in [-0.25, -0.2) is 4.68 Å². The zero-order valence-corrected chi connectivity index (χ0v) is 15.7. The third kappa shape index (κ3) is 2.64. The Hall–Kier alpha value is -2.82. The zero-order chi connectivity index (χ0) is 18.5. The predicted molar refractivity (Wildman–Crippen MR) is 101 cm³/mol. The molecule has 0 aliphatic carbocycles. The first kappa shape index (κ1) is 16.6. The molecule has 5 nitrogen and oxygen atoms in total. The smallest absolute Gasteiger partial charge is 0.228 e. The summed E-state index contributed by atoms with van der Waals surface area (Å²) in [7, 11) is 0. The number of carbonyl (C=O) groups is 1. The number of amides is 1. The third-order valence-corrected chi connectivity index (χ3v) is 4.85. The molecule has 0 radical (unpaired) electrons. The van der Waals surface area contributed by atoms with E-state index in [4.69, 9.17) is 5.10 Å². The first-order valence-electron chi connectivity index (χ1n) is 8.96. The summed E-state index contributed by atoms with van der Waals surface area (Å²) in [4.78, 5) is 14.6. The lowest BCUT2D eigenvalue weighted by Gasteiger charge is -2.25. The SMILES string of the molecule is Cc1ccccc1-n1nc2c(c1-n1cccc1)CN(C(=O)C(C)(C)C)C2. The number of carbonyl (C=O) groups excluding carboxylic acids is 1. The van der Waals surface area contributed by atoms with E-state index in [9.17, 15) is 4.79 Å². The standard InChI is InChI=1S/C21H24N4O/c1-15-9-5-6-10-18(15)25-19(23-11-7-8-12-23)16-13-24(14-17(16)22-25)20(26)21(2,3)4/h5-12H,13-14H2,1-4H3. The first-order chi connectivity index (χ1) is 12.4. The summed E-state index contributed by atoms with van der Waals surface area (Å²) in [5.41, 5.74) is 3.96. The Morgan fingerprint density at radius 3 is 2.38 bits per heavy atom. The van der Waals surface area contributed by atoms with Gasteiger partial charge in [-0.3, -0.25) is 4.79 Å². The Morgan fingerprint density at radius 2 is 1.73 bits per heavy atom. The molecule has 2 aromatic heterocycles. The van der Waals surface area contributed by atoms with Crippen molar-refractivity contribution in [3.63, 3.8) is 0 Å². The highest BCUT2D eigenvalue weighted by Crippen LogP contribution is 2.33. The first-order valence-corrected chi connectivity index (χ1v) is 8.96. The number of fused-ring (bicyclic) bond motifs is 1. The number of hydrogen-bond donors (Lipinski definition) is 0. The maximum Gasteiger partial charge on any atom is 0.228 e. The van der Waals surface area contributed by atoms with Gasteiger partial charge >= 0.3 is 0 Å². The van der Waals surface area contributed by atoms with Crippen LogP contribution < -0.4 is 0 Å². The minimum absolute atomic E-state index is 0.163. The van der Waals surface area contributed by atoms with Crippen LogP contribution in [0.15, 0.2) is 48.8 Å². The summed E-state index contributed by atoms with van der Waals surface area (Å²) in [6.45, 7) is 9.16. The van der Waals surface area contributed by atoms with Gasteiger partial charge in [0.25, 0.3) is 0 Å². The van der Waals surface area contributed by atoms with E-state index in [0.717, 1.165) is 22.8 Å². The Morgan fingerprint density at radius 1 is 1.04 bits per heavy atom. The van der Waals surface area contributed by atoms with Crippen LogP contribution >= 0.6 is 0 Å². The van der Waals surface area contributed by atoms with Gasteiger partial charge in [-0.2, -0.15) is 5.10 Å². The molecule has 5 heteroatoms. The van der Waals surface area contributed by atoms with Crippen molar-refractivity contribution in [2.45, 2.75) is 40.8 Å². The summed E-state index contributed by atoms with van der Waals surface area (Å²) < 4.78 is 4.10. The number of benzene rings is 1. The van der Waals surface area contributed by atoms with E-state index >= 15 is 0 Å². The van der Waals surface area contributed by atoms with E-state index in [1.807, 2.05) is 67.0 Å². The number of rotatable bonds is 2. The van der Waals surface area contributed by atoms with E-state index in [0.29, 0.717) is 13.1 Å². The number of aromatic nitrogens is 3. The largest absolute Gasteiger partial charge is 0.332 e. The van der Waals surface area contributed by atoms with Crippen LogP contribution in [0.2, 0.25) is 0 Å². The highest BCUT2D eigenvalue weighted by molar-refractivity contribution is 5.82. The summed E-state index contributed by atoms with van der Waals surface area (Å²) in [5.74, 6) is 1.18. The van der Waals surface area contributed by atoms with Gasteiger partial charge in [0.1, 0.15) is 5.82 Å². The lowest BCUT2D eigenvalue weighted by molar-refractivity contribution is -0.140. The highest BCUT2D eigenvalue weighted by atomic mass is 16.2. The molecule has 0 fully saturated rings. The second-order valence-corrected chi connectivity index (χ2v) is 7.95. The molecule has 0 atom stereocenters. The van der Waals surface area contributed by atoms with E-state index in [-0.39, 0.29) is 11.3 Å². The Kier molecular flexibility index (Phi) is 3.75. The molecule has 0 N–H and O–H groups in total. The number of nitrogens with zero attached hydrogens (tertiary/aromatic N) is 4. The molecule has 1 amide bonds. The molecule has 3 aromatic rings. The van der Waals surface area contributed by atoms with Crippen LogP contribution in [-0.2, 0) is 17.9 Å². The van der Waals surface area contributed by atoms with E-state index in [2.05, 4.69) is 23.6 Å². The molecule has 0 saturated heterocycles. The minimum Gasteiger partial charge on any atom is -0.332 e. The average Bonchev–Trinajstić information content (AvgIpc) is 3.28. The van der Waals surface area contributed by atoms with Crippen LogP contribution in [0.1, 0.15) is 37.6 Å². The predicted octanol–water partition coefficient (Wildman–Crippen LogP) is 3.86. The highest BCUT2D eigenvalue weighted by Gasteiger charge is 2.35. The van der Waals surface area contributed by atoms with Crippen molar-refractivity contribution < 1.29 is 4.79 Å². The van der Waals surface area contributed by atoms with Gasteiger partial charge in [-0.1, -0.05) is 39.0 Å². The minimum atomic E-state index is -0.386. The van der Waals surface area contributed by atoms with Crippen molar-refractivity contribution in [3.05, 3.63) is 65.6 Å². The van der Waals surface area contributed by atoms with Crippen molar-refractivity contribution in [2.75, 3.05) is 0 Å². The summed E-state index contributed by atoms with van der Waals surface area (Å²) in [5, 5.41) is 4.89. The normalized spacial score (nSPS) is 13.9. The van der Waals surface area contributed by atoms with Crippen LogP contribution in [0.3, 0.4) is 0 Å². The van der Waals surface area contributed by atoms with Crippen molar-refractivity contribution in [3.8, 4) is 11.5 Å². The monoisotopic (exact) mass is 348 g/mol. The number of para-hydroxylation sites is 1. The number of aryl methyl sites for hydroxylation is 1. The fourth-order valence-electron chi connectivity index (χ4n) is 3.53. The maximum atomic E-state index is 12.7. The van der Waals surface area contributed by atoms with Gasteiger partial charge in [0.05, 0.1) is 24.5 Å². The van der Waals surface area contributed by atoms with E-state index < -0.39 is 0 Å². The second kappa shape index (κ2) is 5.87. The third-order valence-electron chi connectivity index (χ3n) is 4.85. The topological polar surface area (TPSA) is 43.1 Å². The van der Waals surface area contributed by atoms with Crippen LogP contribution in [-0.4, -0.2) is 25.2 Å². The quantitative estimate of drug-likeness (QED) is 0.706. The van der Waals surface area contributed by atoms with Crippen LogP contribution in [0, 0.1) is 12.3 Å². The molecule has 134 valence electrons. The molecule has 0 saturated carbocycles. The summed E-state index contributed by atoms with van der Waals surface area (Å²) >= 11 is 0. The van der Waals surface area contributed by atoms with Gasteiger partial charge in [0, 0.05) is 23.4 Å². The van der Waals surface area contributed by atoms with Crippen LogP contribution in [0.4, 0.5) is 0 Å². The summed E-state index contributed by atoms with van der Waals surface area (Å²) in [6, 6.07) is 12.3. The van der Waals surface area contributed by atoms with Crippen molar-refractivity contribution >= 4 is 5.91 Å². The molecule has 26 heavy (non-hydrogen) atoms. The molecule has 1 aliphatic heterocycles. The Balaban J connectivity index is 1.82. The maximum absolute atomic E-state index is 12.7. The average molecular weight is 348 g/mol. The lowest BCUT2D eigenvalue weighted by atomic mass is 9.95. The summed E-state index contributed by atoms with van der Waals surface area (Å²) in [6.07, 6.45) is 4.06. The molecular weight excluding hydrogens is 324 g/mol. The van der Waals surface area contributed by atoms with Crippen molar-refractivity contribution in [1.82, 2.24) is 19.2 Å². The molecule has 0 spiro atoms. The zero-order valence-electron chi connectivity index (χ0n) is 15.7. The fraction of sp³-hybridized carbons (Fsp3) is 0.333. The molecule has 3 heterocycles. The van der Waals surface area contributed by atoms with Crippen LogP contribution in [0.25, 0.3) is 11.5 Å². The molecule has 4 rings (SSSR count). The molecular formula is C21H24N4O. The Labute approximate surface area is 153 Å². The molecule has 0 bridgehead atoms. The van der Waals surface area contributed by atoms with Crippen molar-refractivity contribution in [1.29, 1.82) is 0 Å². The van der Waals surface area contributed by atoms with Gasteiger partial charge in [-0.15, -0.1) is 0 Å². The van der Waals surface area contributed by atoms with Gasteiger partial charge in [0.2, 0.25) is 5.91 Å². The molecule has 0 unspecified atom stereocenters. The fourth-order valence-corrected chi connectivity index (χ4v) is 3.53. The molecule has 1 aromatic carbocycles.